The number of carboxylic acid groups (broad SMARTS) is 1. The number of nitrogens with zero attached hydrogens (tertiary/aromatic N) is 1. The fourth-order valence-corrected chi connectivity index (χ4v) is 1.76. The predicted octanol–water partition coefficient (Wildman–Crippen LogP) is 2.23. The Hall–Kier alpha value is -2.25. The van der Waals surface area contributed by atoms with Crippen LogP contribution >= 0.6 is 0 Å². The molecule has 0 aromatic heterocycles. The summed E-state index contributed by atoms with van der Waals surface area (Å²) in [5.74, 6) is -3.21. The summed E-state index contributed by atoms with van der Waals surface area (Å²) in [6.45, 7) is 0.292. The molecule has 1 aromatic rings. The minimum Gasteiger partial charge on any atom is -0.497 e. The monoisotopic (exact) mass is 305 g/mol. The van der Waals surface area contributed by atoms with E-state index in [1.165, 1.54) is 38.3 Å². The lowest BCUT2D eigenvalue weighted by Gasteiger charge is -2.28. The average molecular weight is 305 g/mol. The zero-order valence-corrected chi connectivity index (χ0v) is 11.3. The van der Waals surface area contributed by atoms with Gasteiger partial charge < -0.3 is 14.7 Å². The molecule has 0 bridgehead atoms. The molecule has 0 fully saturated rings. The van der Waals surface area contributed by atoms with Gasteiger partial charge in [-0.3, -0.25) is 9.59 Å². The van der Waals surface area contributed by atoms with Crippen LogP contribution in [-0.4, -0.2) is 41.7 Å². The summed E-state index contributed by atoms with van der Waals surface area (Å²) in [4.78, 5) is 22.3. The summed E-state index contributed by atoms with van der Waals surface area (Å²) >= 11 is 0. The van der Waals surface area contributed by atoms with Crippen molar-refractivity contribution < 1.29 is 32.6 Å². The first-order valence-corrected chi connectivity index (χ1v) is 5.90. The Morgan fingerprint density at radius 1 is 1.29 bits per heavy atom. The third kappa shape index (κ3) is 4.37. The van der Waals surface area contributed by atoms with Gasteiger partial charge in [0.1, 0.15) is 12.3 Å². The lowest BCUT2D eigenvalue weighted by Crippen LogP contribution is -2.45. The van der Waals surface area contributed by atoms with Gasteiger partial charge in [0.05, 0.1) is 13.2 Å². The van der Waals surface area contributed by atoms with Crippen LogP contribution in [0.5, 0.6) is 5.75 Å². The molecule has 0 aliphatic rings. The van der Waals surface area contributed by atoms with Crippen LogP contribution in [0.15, 0.2) is 24.3 Å². The van der Waals surface area contributed by atoms with Gasteiger partial charge in [-0.1, -0.05) is 12.1 Å². The van der Waals surface area contributed by atoms with Crippen LogP contribution in [0.2, 0.25) is 0 Å². The van der Waals surface area contributed by atoms with E-state index in [1.54, 1.807) is 0 Å². The van der Waals surface area contributed by atoms with Gasteiger partial charge in [0.15, 0.2) is 0 Å². The van der Waals surface area contributed by atoms with E-state index in [2.05, 4.69) is 0 Å². The van der Waals surface area contributed by atoms with E-state index in [0.29, 0.717) is 11.3 Å². The molecular formula is C13H14F3NO4. The molecule has 1 N–H and O–H groups in total. The molecule has 0 spiro atoms. The highest BCUT2D eigenvalue weighted by Gasteiger charge is 2.44. The number of amides is 1. The average Bonchev–Trinajstić information content (AvgIpc) is 2.42. The molecule has 0 saturated carbocycles. The summed E-state index contributed by atoms with van der Waals surface area (Å²) in [6, 6.07) is 4.94. The van der Waals surface area contributed by atoms with Crippen molar-refractivity contribution in [3.8, 4) is 5.75 Å². The number of rotatable bonds is 5. The van der Waals surface area contributed by atoms with E-state index in [-0.39, 0.29) is 4.90 Å². The second kappa shape index (κ2) is 6.47. The highest BCUT2D eigenvalue weighted by molar-refractivity contribution is 5.85. The van der Waals surface area contributed by atoms with Crippen LogP contribution in [0.3, 0.4) is 0 Å². The SMILES string of the molecule is COc1ccc(C(C)N(CC(=O)O)C(=O)C(F)(F)F)cc1. The molecule has 5 nitrogen and oxygen atoms in total. The number of halogens is 3. The Kier molecular flexibility index (Phi) is 5.17. The molecule has 1 amide bonds. The van der Waals surface area contributed by atoms with Crippen molar-refractivity contribution in [2.45, 2.75) is 19.1 Å². The van der Waals surface area contributed by atoms with E-state index < -0.39 is 30.6 Å². The number of alkyl halides is 3. The van der Waals surface area contributed by atoms with Crippen molar-refractivity contribution in [3.05, 3.63) is 29.8 Å². The molecule has 1 atom stereocenters. The number of hydrogen-bond acceptors (Lipinski definition) is 3. The molecule has 1 rings (SSSR count). The Balaban J connectivity index is 3.06. The minimum atomic E-state index is -5.13. The van der Waals surface area contributed by atoms with Crippen LogP contribution in [-0.2, 0) is 9.59 Å². The summed E-state index contributed by atoms with van der Waals surface area (Å²) in [7, 11) is 1.43. The van der Waals surface area contributed by atoms with E-state index in [0.717, 1.165) is 0 Å². The zero-order valence-electron chi connectivity index (χ0n) is 11.3. The van der Waals surface area contributed by atoms with Crippen molar-refractivity contribution in [1.82, 2.24) is 4.90 Å². The first-order valence-electron chi connectivity index (χ1n) is 5.90. The maximum absolute atomic E-state index is 12.5. The van der Waals surface area contributed by atoms with Crippen molar-refractivity contribution in [2.75, 3.05) is 13.7 Å². The quantitative estimate of drug-likeness (QED) is 0.906. The highest BCUT2D eigenvalue weighted by atomic mass is 19.4. The summed E-state index contributed by atoms with van der Waals surface area (Å²) < 4.78 is 42.5. The van der Waals surface area contributed by atoms with E-state index >= 15 is 0 Å². The zero-order chi connectivity index (χ0) is 16.2. The van der Waals surface area contributed by atoms with Crippen molar-refractivity contribution >= 4 is 11.9 Å². The van der Waals surface area contributed by atoms with Crippen LogP contribution in [0.4, 0.5) is 13.2 Å². The van der Waals surface area contributed by atoms with Gasteiger partial charge in [0.25, 0.3) is 0 Å². The highest BCUT2D eigenvalue weighted by Crippen LogP contribution is 2.27. The molecule has 8 heteroatoms. The normalized spacial score (nSPS) is 12.6. The van der Waals surface area contributed by atoms with Gasteiger partial charge >= 0.3 is 18.1 Å². The van der Waals surface area contributed by atoms with Crippen LogP contribution < -0.4 is 4.74 Å². The Bertz CT molecular complexity index is 513. The maximum Gasteiger partial charge on any atom is 0.471 e. The first-order chi connectivity index (χ1) is 9.66. The fourth-order valence-electron chi connectivity index (χ4n) is 1.76. The van der Waals surface area contributed by atoms with Gasteiger partial charge in [0.2, 0.25) is 0 Å². The number of hydrogen-bond donors (Lipinski definition) is 1. The fraction of sp³-hybridized carbons (Fsp3) is 0.385. The Labute approximate surface area is 118 Å². The van der Waals surface area contributed by atoms with Gasteiger partial charge in [-0.2, -0.15) is 13.2 Å². The standard InChI is InChI=1S/C13H14F3NO4/c1-8(9-3-5-10(21-2)6-4-9)17(7-11(18)19)12(20)13(14,15)16/h3-6,8H,7H2,1-2H3,(H,18,19). The van der Waals surface area contributed by atoms with E-state index in [9.17, 15) is 22.8 Å². The second-order valence-corrected chi connectivity index (χ2v) is 4.27. The molecule has 0 radical (unpaired) electrons. The summed E-state index contributed by atoms with van der Waals surface area (Å²) in [6.07, 6.45) is -5.13. The van der Waals surface area contributed by atoms with Gasteiger partial charge in [-0.05, 0) is 24.6 Å². The second-order valence-electron chi connectivity index (χ2n) is 4.27. The number of methoxy groups -OCH3 is 1. The third-order valence-corrected chi connectivity index (χ3v) is 2.87. The maximum atomic E-state index is 12.5. The van der Waals surface area contributed by atoms with Crippen LogP contribution in [0.1, 0.15) is 18.5 Å². The Morgan fingerprint density at radius 3 is 2.19 bits per heavy atom. The topological polar surface area (TPSA) is 66.8 Å². The number of carbonyl (C=O) groups is 2. The molecule has 0 heterocycles. The molecular weight excluding hydrogens is 291 g/mol. The predicted molar refractivity (Wildman–Crippen MR) is 66.8 cm³/mol. The molecule has 0 aliphatic heterocycles. The largest absolute Gasteiger partial charge is 0.497 e. The van der Waals surface area contributed by atoms with Gasteiger partial charge in [-0.15, -0.1) is 0 Å². The third-order valence-electron chi connectivity index (χ3n) is 2.87. The number of carboxylic acids is 1. The van der Waals surface area contributed by atoms with Gasteiger partial charge in [0, 0.05) is 0 Å². The Morgan fingerprint density at radius 2 is 1.81 bits per heavy atom. The molecule has 0 saturated heterocycles. The number of benzene rings is 1. The summed E-state index contributed by atoms with van der Waals surface area (Å²) in [5, 5.41) is 8.70. The van der Waals surface area contributed by atoms with Crippen molar-refractivity contribution in [1.29, 1.82) is 0 Å². The minimum absolute atomic E-state index is 0.268. The van der Waals surface area contributed by atoms with Crippen LogP contribution in [0, 0.1) is 0 Å². The smallest absolute Gasteiger partial charge is 0.471 e. The number of carbonyl (C=O) groups excluding carboxylic acids is 1. The van der Waals surface area contributed by atoms with Gasteiger partial charge in [-0.25, -0.2) is 0 Å². The molecule has 116 valence electrons. The van der Waals surface area contributed by atoms with Crippen molar-refractivity contribution in [2.24, 2.45) is 0 Å². The summed E-state index contributed by atoms with van der Waals surface area (Å²) in [5.41, 5.74) is 0.370. The molecule has 21 heavy (non-hydrogen) atoms. The first kappa shape index (κ1) is 16.8. The number of aliphatic carboxylic acids is 1. The van der Waals surface area contributed by atoms with E-state index in [4.69, 9.17) is 9.84 Å². The van der Waals surface area contributed by atoms with E-state index in [1.807, 2.05) is 0 Å². The molecule has 1 aromatic carbocycles. The van der Waals surface area contributed by atoms with Crippen molar-refractivity contribution in [3.63, 3.8) is 0 Å². The molecule has 0 aliphatic carbocycles. The lowest BCUT2D eigenvalue weighted by molar-refractivity contribution is -0.189. The number of ether oxygens (including phenoxy) is 1. The lowest BCUT2D eigenvalue weighted by atomic mass is 10.1. The molecule has 1 unspecified atom stereocenters. The van der Waals surface area contributed by atoms with Crippen LogP contribution in [0.25, 0.3) is 0 Å².